The predicted octanol–water partition coefficient (Wildman–Crippen LogP) is 0.441. The summed E-state index contributed by atoms with van der Waals surface area (Å²) < 4.78 is 0. The highest BCUT2D eigenvalue weighted by molar-refractivity contribution is 5.83. The number of nitrogens with two attached hydrogens (primary N) is 1. The van der Waals surface area contributed by atoms with Crippen molar-refractivity contribution in [1.82, 2.24) is 10.6 Å². The van der Waals surface area contributed by atoms with E-state index in [9.17, 15) is 14.4 Å². The minimum atomic E-state index is -1.17. The molecule has 0 spiro atoms. The van der Waals surface area contributed by atoms with Crippen LogP contribution in [0.5, 0.6) is 0 Å². The molecule has 0 aromatic rings. The van der Waals surface area contributed by atoms with Crippen LogP contribution in [0.1, 0.15) is 39.5 Å². The molecule has 1 unspecified atom stereocenters. The molecule has 0 aliphatic heterocycles. The van der Waals surface area contributed by atoms with Gasteiger partial charge in [0, 0.05) is 13.0 Å². The number of amides is 3. The first-order chi connectivity index (χ1) is 9.27. The molecular weight excluding hydrogens is 262 g/mol. The lowest BCUT2D eigenvalue weighted by atomic mass is 9.92. The van der Waals surface area contributed by atoms with Gasteiger partial charge < -0.3 is 21.5 Å². The van der Waals surface area contributed by atoms with Gasteiger partial charge in [0.2, 0.25) is 5.91 Å². The number of carboxylic acids is 1. The molecule has 1 aliphatic carbocycles. The number of primary amides is 1. The molecule has 1 atom stereocenters. The molecule has 1 rings (SSSR count). The van der Waals surface area contributed by atoms with Gasteiger partial charge in [-0.3, -0.25) is 4.79 Å². The highest BCUT2D eigenvalue weighted by Crippen LogP contribution is 2.51. The fraction of sp³-hybridized carbons (Fsp3) is 0.769. The van der Waals surface area contributed by atoms with Gasteiger partial charge in [0.25, 0.3) is 0 Å². The maximum Gasteiger partial charge on any atom is 0.326 e. The van der Waals surface area contributed by atoms with Crippen LogP contribution in [0.3, 0.4) is 0 Å². The summed E-state index contributed by atoms with van der Waals surface area (Å²) in [4.78, 5) is 33.3. The van der Waals surface area contributed by atoms with Crippen molar-refractivity contribution in [2.24, 2.45) is 17.1 Å². The summed E-state index contributed by atoms with van der Waals surface area (Å²) in [7, 11) is 0. The number of rotatable bonds is 8. The van der Waals surface area contributed by atoms with Crippen molar-refractivity contribution in [3.8, 4) is 0 Å². The third-order valence-electron chi connectivity index (χ3n) is 4.00. The molecule has 7 heteroatoms. The van der Waals surface area contributed by atoms with Crippen LogP contribution in [0.2, 0.25) is 0 Å². The number of hydrogen-bond acceptors (Lipinski definition) is 3. The van der Waals surface area contributed by atoms with Crippen LogP contribution in [-0.2, 0) is 9.59 Å². The first-order valence-corrected chi connectivity index (χ1v) is 6.82. The van der Waals surface area contributed by atoms with Gasteiger partial charge in [-0.05, 0) is 30.6 Å². The Balaban J connectivity index is 2.38. The van der Waals surface area contributed by atoms with Crippen LogP contribution < -0.4 is 16.4 Å². The van der Waals surface area contributed by atoms with Crippen molar-refractivity contribution in [3.05, 3.63) is 0 Å². The van der Waals surface area contributed by atoms with Gasteiger partial charge in [-0.15, -0.1) is 0 Å². The molecule has 0 aromatic carbocycles. The van der Waals surface area contributed by atoms with Crippen molar-refractivity contribution in [2.75, 3.05) is 6.54 Å². The summed E-state index contributed by atoms with van der Waals surface area (Å²) in [5.41, 5.74) is 5.12. The van der Waals surface area contributed by atoms with Crippen LogP contribution in [0.15, 0.2) is 0 Å². The number of carbonyl (C=O) groups excluding carboxylic acids is 2. The molecule has 1 aliphatic rings. The molecule has 5 N–H and O–H groups in total. The predicted molar refractivity (Wildman–Crippen MR) is 72.9 cm³/mol. The Morgan fingerprint density at radius 1 is 1.30 bits per heavy atom. The van der Waals surface area contributed by atoms with Gasteiger partial charge in [-0.25, -0.2) is 9.59 Å². The van der Waals surface area contributed by atoms with E-state index in [2.05, 4.69) is 24.5 Å². The van der Waals surface area contributed by atoms with Gasteiger partial charge in [-0.1, -0.05) is 13.8 Å². The highest BCUT2D eigenvalue weighted by atomic mass is 16.4. The molecule has 0 bridgehead atoms. The Bertz CT molecular complexity index is 391. The van der Waals surface area contributed by atoms with E-state index < -0.39 is 23.9 Å². The van der Waals surface area contributed by atoms with Crippen LogP contribution >= 0.6 is 0 Å². The lowest BCUT2D eigenvalue weighted by molar-refractivity contribution is -0.139. The molecule has 0 saturated heterocycles. The molecule has 3 amide bonds. The lowest BCUT2D eigenvalue weighted by Crippen LogP contribution is -2.48. The van der Waals surface area contributed by atoms with E-state index in [1.165, 1.54) is 0 Å². The average molecular weight is 285 g/mol. The van der Waals surface area contributed by atoms with Crippen LogP contribution in [-0.4, -0.2) is 35.6 Å². The number of carboxylic acid groups (broad SMARTS) is 1. The molecule has 7 nitrogen and oxygen atoms in total. The van der Waals surface area contributed by atoms with Crippen LogP contribution in [0, 0.1) is 11.3 Å². The highest BCUT2D eigenvalue weighted by Gasteiger charge is 2.45. The standard InChI is InChI=1S/C13H23N3O4/c1-8(2)13(5-6-13)7-15-12(20)16-9(11(18)19)3-4-10(14)17/h8-9H,3-7H2,1-2H3,(H2,14,17)(H,18,19)(H2,15,16,20). The van der Waals surface area contributed by atoms with Crippen molar-refractivity contribution in [1.29, 1.82) is 0 Å². The number of urea groups is 1. The monoisotopic (exact) mass is 285 g/mol. The first-order valence-electron chi connectivity index (χ1n) is 6.82. The van der Waals surface area contributed by atoms with Crippen LogP contribution in [0.25, 0.3) is 0 Å². The second-order valence-corrected chi connectivity index (χ2v) is 5.74. The number of aliphatic carboxylic acids is 1. The molecule has 0 aromatic heterocycles. The Morgan fingerprint density at radius 3 is 2.30 bits per heavy atom. The number of nitrogens with one attached hydrogen (secondary N) is 2. The van der Waals surface area contributed by atoms with E-state index >= 15 is 0 Å². The first kappa shape index (κ1) is 16.3. The van der Waals surface area contributed by atoms with E-state index in [1.807, 2.05) is 0 Å². The third-order valence-corrected chi connectivity index (χ3v) is 4.00. The largest absolute Gasteiger partial charge is 0.480 e. The van der Waals surface area contributed by atoms with Crippen molar-refractivity contribution in [2.45, 2.75) is 45.6 Å². The zero-order valence-corrected chi connectivity index (χ0v) is 11.9. The van der Waals surface area contributed by atoms with Gasteiger partial charge >= 0.3 is 12.0 Å². The van der Waals surface area contributed by atoms with E-state index in [0.717, 1.165) is 12.8 Å². The SMILES string of the molecule is CC(C)C1(CNC(=O)NC(CCC(N)=O)C(=O)O)CC1. The molecule has 114 valence electrons. The van der Waals surface area contributed by atoms with E-state index in [4.69, 9.17) is 10.8 Å². The summed E-state index contributed by atoms with van der Waals surface area (Å²) in [5, 5.41) is 14.0. The maximum absolute atomic E-state index is 11.7. The fourth-order valence-corrected chi connectivity index (χ4v) is 2.13. The van der Waals surface area contributed by atoms with E-state index in [1.54, 1.807) is 0 Å². The smallest absolute Gasteiger partial charge is 0.326 e. The minimum absolute atomic E-state index is 0.00654. The van der Waals surface area contributed by atoms with Gasteiger partial charge in [0.15, 0.2) is 0 Å². The van der Waals surface area contributed by atoms with Gasteiger partial charge in [0.1, 0.15) is 6.04 Å². The average Bonchev–Trinajstić information content (AvgIpc) is 3.12. The van der Waals surface area contributed by atoms with Crippen LogP contribution in [0.4, 0.5) is 4.79 Å². The summed E-state index contributed by atoms with van der Waals surface area (Å²) in [6.07, 6.45) is 2.07. The summed E-state index contributed by atoms with van der Waals surface area (Å²) in [6.45, 7) is 4.76. The van der Waals surface area contributed by atoms with E-state index in [-0.39, 0.29) is 18.3 Å². The van der Waals surface area contributed by atoms with Gasteiger partial charge in [0.05, 0.1) is 0 Å². The second kappa shape index (κ2) is 6.58. The van der Waals surface area contributed by atoms with Crippen molar-refractivity contribution >= 4 is 17.9 Å². The minimum Gasteiger partial charge on any atom is -0.480 e. The summed E-state index contributed by atoms with van der Waals surface area (Å²) >= 11 is 0. The zero-order valence-electron chi connectivity index (χ0n) is 11.9. The summed E-state index contributed by atoms with van der Waals surface area (Å²) in [5.74, 6) is -1.28. The quantitative estimate of drug-likeness (QED) is 0.517. The normalized spacial score (nSPS) is 17.4. The van der Waals surface area contributed by atoms with Gasteiger partial charge in [-0.2, -0.15) is 0 Å². The molecule has 1 saturated carbocycles. The molecule has 0 heterocycles. The molecule has 1 fully saturated rings. The number of hydrogen-bond donors (Lipinski definition) is 4. The number of carbonyl (C=O) groups is 3. The topological polar surface area (TPSA) is 122 Å². The Labute approximate surface area is 118 Å². The fourth-order valence-electron chi connectivity index (χ4n) is 2.13. The maximum atomic E-state index is 11.7. The Kier molecular flexibility index (Phi) is 5.35. The third kappa shape index (κ3) is 4.71. The zero-order chi connectivity index (χ0) is 15.3. The lowest BCUT2D eigenvalue weighted by Gasteiger charge is -2.21. The molecule has 20 heavy (non-hydrogen) atoms. The van der Waals surface area contributed by atoms with Crippen molar-refractivity contribution in [3.63, 3.8) is 0 Å². The van der Waals surface area contributed by atoms with Crippen molar-refractivity contribution < 1.29 is 19.5 Å². The molecule has 0 radical (unpaired) electrons. The molecular formula is C13H23N3O4. The summed E-state index contributed by atoms with van der Waals surface area (Å²) in [6, 6.07) is -1.62. The second-order valence-electron chi connectivity index (χ2n) is 5.74. The van der Waals surface area contributed by atoms with E-state index in [0.29, 0.717) is 12.5 Å². The Morgan fingerprint density at radius 2 is 1.90 bits per heavy atom. The Hall–Kier alpha value is -1.79.